The molecule has 2 aromatic carbocycles. The van der Waals surface area contributed by atoms with Gasteiger partial charge in [0, 0.05) is 18.0 Å². The summed E-state index contributed by atoms with van der Waals surface area (Å²) in [6, 6.07) is 18.1. The quantitative estimate of drug-likeness (QED) is 0.770. The lowest BCUT2D eigenvalue weighted by atomic mass is 9.83. The highest BCUT2D eigenvalue weighted by Gasteiger charge is 2.20. The molecule has 0 spiro atoms. The van der Waals surface area contributed by atoms with Crippen molar-refractivity contribution < 1.29 is 4.79 Å². The van der Waals surface area contributed by atoms with Gasteiger partial charge in [-0.1, -0.05) is 54.6 Å². The first-order chi connectivity index (χ1) is 12.8. The Morgan fingerprint density at radius 2 is 1.92 bits per heavy atom. The lowest BCUT2D eigenvalue weighted by Crippen LogP contribution is -2.33. The molecular formula is C20H21N5O. The fraction of sp³-hybridized carbons (Fsp3) is 0.300. The predicted molar refractivity (Wildman–Crippen MR) is 98.4 cm³/mol. The summed E-state index contributed by atoms with van der Waals surface area (Å²) in [6.07, 6.45) is 3.41. The Labute approximate surface area is 152 Å². The molecule has 1 heterocycles. The zero-order valence-corrected chi connectivity index (χ0v) is 14.5. The molecule has 0 radical (unpaired) electrons. The minimum absolute atomic E-state index is 0.0776. The Hall–Kier alpha value is -3.02. The van der Waals surface area contributed by atoms with Crippen LogP contribution in [0.1, 0.15) is 29.9 Å². The molecule has 6 heteroatoms. The van der Waals surface area contributed by atoms with E-state index in [9.17, 15) is 4.79 Å². The van der Waals surface area contributed by atoms with Crippen LogP contribution in [-0.2, 0) is 17.8 Å². The molecule has 0 bridgehead atoms. The minimum Gasteiger partial charge on any atom is -0.354 e. The number of benzene rings is 2. The summed E-state index contributed by atoms with van der Waals surface area (Å²) < 4.78 is 0. The molecule has 132 valence electrons. The monoisotopic (exact) mass is 347 g/mol. The van der Waals surface area contributed by atoms with Crippen molar-refractivity contribution in [2.45, 2.75) is 31.7 Å². The topological polar surface area (TPSA) is 72.7 Å². The van der Waals surface area contributed by atoms with E-state index in [2.05, 4.69) is 45.0 Å². The van der Waals surface area contributed by atoms with Gasteiger partial charge in [0.15, 0.2) is 0 Å². The highest BCUT2D eigenvalue weighted by molar-refractivity contribution is 5.75. The van der Waals surface area contributed by atoms with Crippen LogP contribution in [0.4, 0.5) is 0 Å². The molecule has 1 aromatic heterocycles. The van der Waals surface area contributed by atoms with E-state index in [1.165, 1.54) is 22.3 Å². The van der Waals surface area contributed by atoms with Crippen LogP contribution in [0.25, 0.3) is 11.4 Å². The van der Waals surface area contributed by atoms with E-state index < -0.39 is 0 Å². The summed E-state index contributed by atoms with van der Waals surface area (Å²) in [4.78, 5) is 13.6. The first-order valence-electron chi connectivity index (χ1n) is 8.97. The standard InChI is InChI=1S/C20H21N5O/c26-19(14-25-23-20(22-24-25)16-8-2-1-3-9-16)21-13-17-11-6-10-15-7-4-5-12-18(15)17/h1-5,7-9,12,17H,6,10-11,13-14H2,(H,21,26)/t17-/m1/s1. The molecule has 1 aliphatic rings. The molecule has 0 saturated carbocycles. The molecule has 4 rings (SSSR count). The number of amides is 1. The van der Waals surface area contributed by atoms with Gasteiger partial charge in [0.05, 0.1) is 0 Å². The molecule has 3 aromatic rings. The van der Waals surface area contributed by atoms with E-state index in [4.69, 9.17) is 0 Å². The van der Waals surface area contributed by atoms with E-state index in [0.717, 1.165) is 18.4 Å². The van der Waals surface area contributed by atoms with Gasteiger partial charge in [-0.05, 0) is 35.6 Å². The maximum Gasteiger partial charge on any atom is 0.243 e. The Balaban J connectivity index is 1.35. The summed E-state index contributed by atoms with van der Waals surface area (Å²) in [7, 11) is 0. The van der Waals surface area contributed by atoms with Crippen LogP contribution in [0.3, 0.4) is 0 Å². The predicted octanol–water partition coefficient (Wildman–Crippen LogP) is 2.58. The number of aromatic nitrogens is 4. The highest BCUT2D eigenvalue weighted by atomic mass is 16.2. The summed E-state index contributed by atoms with van der Waals surface area (Å²) >= 11 is 0. The molecule has 0 unspecified atom stereocenters. The second-order valence-corrected chi connectivity index (χ2v) is 6.60. The first kappa shape index (κ1) is 16.4. The van der Waals surface area contributed by atoms with Crippen molar-refractivity contribution in [3.8, 4) is 11.4 Å². The zero-order chi connectivity index (χ0) is 17.8. The average Bonchev–Trinajstić information content (AvgIpc) is 3.15. The maximum absolute atomic E-state index is 12.3. The van der Waals surface area contributed by atoms with Gasteiger partial charge in [-0.2, -0.15) is 4.80 Å². The van der Waals surface area contributed by atoms with E-state index >= 15 is 0 Å². The number of carbonyl (C=O) groups excluding carboxylic acids is 1. The third-order valence-electron chi connectivity index (χ3n) is 4.81. The van der Waals surface area contributed by atoms with Crippen LogP contribution < -0.4 is 5.32 Å². The SMILES string of the molecule is O=C(Cn1nnc(-c2ccccc2)n1)NC[C@H]1CCCc2ccccc21. The molecule has 0 fully saturated rings. The van der Waals surface area contributed by atoms with Crippen LogP contribution >= 0.6 is 0 Å². The fourth-order valence-corrected chi connectivity index (χ4v) is 3.50. The van der Waals surface area contributed by atoms with Gasteiger partial charge in [0.2, 0.25) is 11.7 Å². The summed E-state index contributed by atoms with van der Waals surface area (Å²) in [5.74, 6) is 0.817. The van der Waals surface area contributed by atoms with Gasteiger partial charge in [-0.3, -0.25) is 4.79 Å². The van der Waals surface area contributed by atoms with Crippen LogP contribution in [0.5, 0.6) is 0 Å². The first-order valence-corrected chi connectivity index (χ1v) is 8.97. The average molecular weight is 347 g/mol. The van der Waals surface area contributed by atoms with E-state index in [1.54, 1.807) is 0 Å². The number of nitrogens with zero attached hydrogens (tertiary/aromatic N) is 4. The molecule has 1 atom stereocenters. The molecule has 6 nitrogen and oxygen atoms in total. The van der Waals surface area contributed by atoms with Crippen molar-refractivity contribution in [3.05, 3.63) is 65.7 Å². The number of rotatable bonds is 5. The molecular weight excluding hydrogens is 326 g/mol. The summed E-state index contributed by atoms with van der Waals surface area (Å²) in [6.45, 7) is 0.726. The van der Waals surface area contributed by atoms with Crippen molar-refractivity contribution in [1.29, 1.82) is 0 Å². The smallest absolute Gasteiger partial charge is 0.243 e. The van der Waals surface area contributed by atoms with Crippen LogP contribution in [-0.4, -0.2) is 32.7 Å². The molecule has 26 heavy (non-hydrogen) atoms. The summed E-state index contributed by atoms with van der Waals surface area (Å²) in [5.41, 5.74) is 3.66. The van der Waals surface area contributed by atoms with Gasteiger partial charge >= 0.3 is 0 Å². The summed E-state index contributed by atoms with van der Waals surface area (Å²) in [5, 5.41) is 15.3. The van der Waals surface area contributed by atoms with Crippen molar-refractivity contribution in [3.63, 3.8) is 0 Å². The molecule has 0 saturated heterocycles. The third-order valence-corrected chi connectivity index (χ3v) is 4.81. The van der Waals surface area contributed by atoms with Crippen LogP contribution in [0.15, 0.2) is 54.6 Å². The van der Waals surface area contributed by atoms with Crippen molar-refractivity contribution >= 4 is 5.91 Å². The molecule has 0 aliphatic heterocycles. The van der Waals surface area contributed by atoms with Gasteiger partial charge in [-0.25, -0.2) is 0 Å². The fourth-order valence-electron chi connectivity index (χ4n) is 3.50. The molecule has 1 aliphatic carbocycles. The lowest BCUT2D eigenvalue weighted by Gasteiger charge is -2.25. The van der Waals surface area contributed by atoms with Crippen molar-refractivity contribution in [2.24, 2.45) is 0 Å². The van der Waals surface area contributed by atoms with Crippen LogP contribution in [0.2, 0.25) is 0 Å². The lowest BCUT2D eigenvalue weighted by molar-refractivity contribution is -0.122. The van der Waals surface area contributed by atoms with E-state index in [0.29, 0.717) is 18.3 Å². The van der Waals surface area contributed by atoms with Crippen molar-refractivity contribution in [1.82, 2.24) is 25.5 Å². The van der Waals surface area contributed by atoms with E-state index in [1.807, 2.05) is 30.3 Å². The number of nitrogens with one attached hydrogen (secondary N) is 1. The minimum atomic E-state index is -0.0925. The number of hydrogen-bond acceptors (Lipinski definition) is 4. The Bertz CT molecular complexity index is 890. The number of hydrogen-bond donors (Lipinski definition) is 1. The second-order valence-electron chi connectivity index (χ2n) is 6.60. The Kier molecular flexibility index (Phi) is 4.73. The third kappa shape index (κ3) is 3.64. The maximum atomic E-state index is 12.3. The van der Waals surface area contributed by atoms with Gasteiger partial charge < -0.3 is 5.32 Å². The number of carbonyl (C=O) groups is 1. The van der Waals surface area contributed by atoms with Gasteiger partial charge in [0.25, 0.3) is 0 Å². The number of fused-ring (bicyclic) bond motifs is 1. The number of aryl methyl sites for hydroxylation is 1. The normalized spacial score (nSPS) is 16.1. The largest absolute Gasteiger partial charge is 0.354 e. The molecule has 1 N–H and O–H groups in total. The Morgan fingerprint density at radius 3 is 2.81 bits per heavy atom. The van der Waals surface area contributed by atoms with Gasteiger partial charge in [-0.15, -0.1) is 10.2 Å². The second kappa shape index (κ2) is 7.47. The van der Waals surface area contributed by atoms with Gasteiger partial charge in [0.1, 0.15) is 6.54 Å². The van der Waals surface area contributed by atoms with Crippen LogP contribution in [0, 0.1) is 0 Å². The van der Waals surface area contributed by atoms with E-state index in [-0.39, 0.29) is 12.5 Å². The number of tetrazole rings is 1. The molecule has 1 amide bonds. The highest BCUT2D eigenvalue weighted by Crippen LogP contribution is 2.30. The Morgan fingerprint density at radius 1 is 1.12 bits per heavy atom. The van der Waals surface area contributed by atoms with Crippen molar-refractivity contribution in [2.75, 3.05) is 6.54 Å². The zero-order valence-electron chi connectivity index (χ0n) is 14.5.